The molecular formula is C13H24N2O. The van der Waals surface area contributed by atoms with Crippen LogP contribution in [0.25, 0.3) is 0 Å². The van der Waals surface area contributed by atoms with E-state index in [0.29, 0.717) is 11.8 Å². The van der Waals surface area contributed by atoms with Crippen LogP contribution in [0, 0.1) is 11.8 Å². The lowest BCUT2D eigenvalue weighted by Gasteiger charge is -2.35. The number of rotatable bonds is 4. The Morgan fingerprint density at radius 2 is 1.81 bits per heavy atom. The predicted molar refractivity (Wildman–Crippen MR) is 65.2 cm³/mol. The van der Waals surface area contributed by atoms with Crippen LogP contribution in [0.15, 0.2) is 0 Å². The number of piperazine rings is 1. The van der Waals surface area contributed by atoms with E-state index < -0.39 is 0 Å². The van der Waals surface area contributed by atoms with Crippen molar-refractivity contribution < 1.29 is 4.79 Å². The summed E-state index contributed by atoms with van der Waals surface area (Å²) in [6, 6.07) is 0. The minimum Gasteiger partial charge on any atom is -0.340 e. The summed E-state index contributed by atoms with van der Waals surface area (Å²) < 4.78 is 0. The van der Waals surface area contributed by atoms with Crippen molar-refractivity contribution in [3.05, 3.63) is 0 Å². The Morgan fingerprint density at radius 1 is 1.19 bits per heavy atom. The van der Waals surface area contributed by atoms with Crippen molar-refractivity contribution in [1.82, 2.24) is 9.80 Å². The molecule has 2 rings (SSSR count). The fourth-order valence-corrected chi connectivity index (χ4v) is 2.22. The summed E-state index contributed by atoms with van der Waals surface area (Å²) in [6.07, 6.45) is 3.54. The molecule has 0 spiro atoms. The maximum absolute atomic E-state index is 11.8. The number of hydrogen-bond acceptors (Lipinski definition) is 2. The molecule has 0 aromatic heterocycles. The number of hydrogen-bond donors (Lipinski definition) is 0. The average Bonchev–Trinajstić information content (AvgIpc) is 3.10. The Balaban J connectivity index is 1.67. The Morgan fingerprint density at radius 3 is 2.31 bits per heavy atom. The van der Waals surface area contributed by atoms with Gasteiger partial charge in [-0.15, -0.1) is 0 Å². The topological polar surface area (TPSA) is 23.6 Å². The molecule has 0 unspecified atom stereocenters. The van der Waals surface area contributed by atoms with Crippen molar-refractivity contribution in [2.45, 2.75) is 33.1 Å². The van der Waals surface area contributed by atoms with E-state index in [2.05, 4.69) is 23.6 Å². The van der Waals surface area contributed by atoms with Gasteiger partial charge < -0.3 is 4.90 Å². The summed E-state index contributed by atoms with van der Waals surface area (Å²) >= 11 is 0. The van der Waals surface area contributed by atoms with Gasteiger partial charge in [0.05, 0.1) is 0 Å². The third-order valence-corrected chi connectivity index (χ3v) is 3.63. The largest absolute Gasteiger partial charge is 0.340 e. The van der Waals surface area contributed by atoms with Crippen LogP contribution >= 0.6 is 0 Å². The van der Waals surface area contributed by atoms with Crippen LogP contribution in [0.3, 0.4) is 0 Å². The minimum atomic E-state index is 0.391. The van der Waals surface area contributed by atoms with E-state index in [-0.39, 0.29) is 0 Å². The summed E-state index contributed by atoms with van der Waals surface area (Å²) in [5.41, 5.74) is 0. The Hall–Kier alpha value is -0.570. The van der Waals surface area contributed by atoms with E-state index in [9.17, 15) is 4.79 Å². The molecule has 92 valence electrons. The summed E-state index contributed by atoms with van der Waals surface area (Å²) in [7, 11) is 0. The van der Waals surface area contributed by atoms with Gasteiger partial charge >= 0.3 is 0 Å². The second-order valence-corrected chi connectivity index (χ2v) is 5.62. The molecule has 0 N–H and O–H groups in total. The number of carbonyl (C=O) groups is 1. The van der Waals surface area contributed by atoms with Gasteiger partial charge in [-0.25, -0.2) is 0 Å². The quantitative estimate of drug-likeness (QED) is 0.724. The first-order valence-electron chi connectivity index (χ1n) is 6.68. The Labute approximate surface area is 98.8 Å². The van der Waals surface area contributed by atoms with E-state index >= 15 is 0 Å². The Bertz CT molecular complexity index is 240. The van der Waals surface area contributed by atoms with Gasteiger partial charge in [-0.05, 0) is 31.7 Å². The van der Waals surface area contributed by atoms with Crippen molar-refractivity contribution in [2.24, 2.45) is 11.8 Å². The van der Waals surface area contributed by atoms with Gasteiger partial charge in [0.25, 0.3) is 0 Å². The van der Waals surface area contributed by atoms with Gasteiger partial charge in [0.15, 0.2) is 0 Å². The first-order valence-corrected chi connectivity index (χ1v) is 6.68. The molecule has 3 heteroatoms. The second kappa shape index (κ2) is 5.17. The summed E-state index contributed by atoms with van der Waals surface area (Å²) in [6.45, 7) is 9.79. The lowest BCUT2D eigenvalue weighted by Crippen LogP contribution is -2.49. The van der Waals surface area contributed by atoms with Crippen LogP contribution in [-0.4, -0.2) is 48.4 Å². The molecule has 1 saturated carbocycles. The molecule has 1 amide bonds. The van der Waals surface area contributed by atoms with E-state index in [1.54, 1.807) is 0 Å². The molecular weight excluding hydrogens is 200 g/mol. The molecule has 0 atom stereocenters. The zero-order valence-electron chi connectivity index (χ0n) is 10.6. The summed E-state index contributed by atoms with van der Waals surface area (Å²) in [5, 5.41) is 0. The van der Waals surface area contributed by atoms with Crippen molar-refractivity contribution in [3.8, 4) is 0 Å². The van der Waals surface area contributed by atoms with Crippen LogP contribution in [0.5, 0.6) is 0 Å². The van der Waals surface area contributed by atoms with Gasteiger partial charge in [0.2, 0.25) is 5.91 Å². The van der Waals surface area contributed by atoms with Gasteiger partial charge in [-0.2, -0.15) is 0 Å². The van der Waals surface area contributed by atoms with Gasteiger partial charge in [0.1, 0.15) is 0 Å². The van der Waals surface area contributed by atoms with Gasteiger partial charge in [0, 0.05) is 32.1 Å². The standard InChI is InChI=1S/C13H24N2O/c1-11(2)5-6-14-7-9-15(10-8-14)13(16)12-3-4-12/h11-12H,3-10H2,1-2H3. The normalized spacial score (nSPS) is 22.8. The molecule has 1 heterocycles. The van der Waals surface area contributed by atoms with Crippen LogP contribution in [0.2, 0.25) is 0 Å². The number of amides is 1. The monoisotopic (exact) mass is 224 g/mol. The Kier molecular flexibility index (Phi) is 3.85. The molecule has 2 fully saturated rings. The highest BCUT2D eigenvalue weighted by molar-refractivity contribution is 5.81. The van der Waals surface area contributed by atoms with Crippen molar-refractivity contribution in [1.29, 1.82) is 0 Å². The van der Waals surface area contributed by atoms with E-state index in [1.165, 1.54) is 13.0 Å². The number of nitrogens with zero attached hydrogens (tertiary/aromatic N) is 2. The first kappa shape index (κ1) is 11.9. The fourth-order valence-electron chi connectivity index (χ4n) is 2.22. The van der Waals surface area contributed by atoms with Crippen LogP contribution < -0.4 is 0 Å². The predicted octanol–water partition coefficient (Wildman–Crippen LogP) is 1.59. The summed E-state index contributed by atoms with van der Waals surface area (Å²) in [5.74, 6) is 1.59. The lowest BCUT2D eigenvalue weighted by molar-refractivity contribution is -0.134. The van der Waals surface area contributed by atoms with E-state index in [0.717, 1.165) is 44.9 Å². The third-order valence-electron chi connectivity index (χ3n) is 3.63. The van der Waals surface area contributed by atoms with Gasteiger partial charge in [-0.1, -0.05) is 13.8 Å². The van der Waals surface area contributed by atoms with Crippen molar-refractivity contribution >= 4 is 5.91 Å². The molecule has 1 saturated heterocycles. The smallest absolute Gasteiger partial charge is 0.225 e. The average molecular weight is 224 g/mol. The molecule has 2 aliphatic rings. The van der Waals surface area contributed by atoms with Gasteiger partial charge in [-0.3, -0.25) is 9.69 Å². The second-order valence-electron chi connectivity index (χ2n) is 5.62. The zero-order chi connectivity index (χ0) is 11.5. The fraction of sp³-hybridized carbons (Fsp3) is 0.923. The zero-order valence-corrected chi connectivity index (χ0v) is 10.6. The highest BCUT2D eigenvalue weighted by Crippen LogP contribution is 2.31. The molecule has 1 aliphatic heterocycles. The van der Waals surface area contributed by atoms with E-state index in [1.807, 2.05) is 0 Å². The maximum atomic E-state index is 11.8. The molecule has 0 bridgehead atoms. The van der Waals surface area contributed by atoms with Crippen molar-refractivity contribution in [3.63, 3.8) is 0 Å². The van der Waals surface area contributed by atoms with Crippen LogP contribution in [-0.2, 0) is 4.79 Å². The lowest BCUT2D eigenvalue weighted by atomic mass is 10.1. The van der Waals surface area contributed by atoms with E-state index in [4.69, 9.17) is 0 Å². The highest BCUT2D eigenvalue weighted by atomic mass is 16.2. The van der Waals surface area contributed by atoms with Crippen LogP contribution in [0.4, 0.5) is 0 Å². The van der Waals surface area contributed by atoms with Crippen molar-refractivity contribution in [2.75, 3.05) is 32.7 Å². The molecule has 1 aliphatic carbocycles. The number of carbonyl (C=O) groups excluding carboxylic acids is 1. The molecule has 3 nitrogen and oxygen atoms in total. The third kappa shape index (κ3) is 3.21. The molecule has 0 aromatic rings. The highest BCUT2D eigenvalue weighted by Gasteiger charge is 2.34. The molecule has 0 aromatic carbocycles. The molecule has 0 radical (unpaired) electrons. The van der Waals surface area contributed by atoms with Crippen LogP contribution in [0.1, 0.15) is 33.1 Å². The maximum Gasteiger partial charge on any atom is 0.225 e. The molecule has 16 heavy (non-hydrogen) atoms. The first-order chi connectivity index (χ1) is 7.66. The SMILES string of the molecule is CC(C)CCN1CCN(C(=O)C2CC2)CC1. The summed E-state index contributed by atoms with van der Waals surface area (Å²) in [4.78, 5) is 16.4. The minimum absolute atomic E-state index is 0.391.